The average molecular weight is 268 g/mol. The Labute approximate surface area is 78.9 Å². The van der Waals surface area contributed by atoms with E-state index in [4.69, 9.17) is 0 Å². The van der Waals surface area contributed by atoms with Gasteiger partial charge in [0.05, 0.1) is 16.4 Å². The van der Waals surface area contributed by atoms with Crippen molar-refractivity contribution in [1.29, 1.82) is 0 Å². The molecule has 0 saturated carbocycles. The molecule has 1 aromatic heterocycles. The van der Waals surface area contributed by atoms with Crippen molar-refractivity contribution < 1.29 is 4.39 Å². The summed E-state index contributed by atoms with van der Waals surface area (Å²) in [6.07, 6.45) is 5.26. The van der Waals surface area contributed by atoms with Gasteiger partial charge < -0.3 is 0 Å². The third-order valence-corrected chi connectivity index (χ3v) is 1.93. The SMILES string of the molecule is FCCCCn1cc(I)cn1. The first-order valence-corrected chi connectivity index (χ1v) is 4.64. The molecule has 1 rings (SSSR count). The van der Waals surface area contributed by atoms with Gasteiger partial charge in [0.2, 0.25) is 0 Å². The molecule has 2 nitrogen and oxygen atoms in total. The standard InChI is InChI=1S/C7H10FIN2/c8-3-1-2-4-11-6-7(9)5-10-11/h5-6H,1-4H2. The van der Waals surface area contributed by atoms with Crippen molar-refractivity contribution >= 4 is 22.6 Å². The van der Waals surface area contributed by atoms with E-state index in [9.17, 15) is 4.39 Å². The van der Waals surface area contributed by atoms with Crippen LogP contribution in [0.3, 0.4) is 0 Å². The maximum Gasteiger partial charge on any atom is 0.0895 e. The minimum atomic E-state index is -0.224. The topological polar surface area (TPSA) is 17.8 Å². The molecule has 1 aromatic rings. The highest BCUT2D eigenvalue weighted by molar-refractivity contribution is 14.1. The lowest BCUT2D eigenvalue weighted by molar-refractivity contribution is 0.439. The van der Waals surface area contributed by atoms with Crippen LogP contribution in [0.1, 0.15) is 12.8 Å². The van der Waals surface area contributed by atoms with E-state index in [-0.39, 0.29) is 6.67 Å². The van der Waals surface area contributed by atoms with E-state index in [2.05, 4.69) is 27.7 Å². The number of halogens is 2. The second-order valence-electron chi connectivity index (χ2n) is 2.32. The third kappa shape index (κ3) is 3.18. The fraction of sp³-hybridized carbons (Fsp3) is 0.571. The molecule has 0 aliphatic carbocycles. The lowest BCUT2D eigenvalue weighted by Gasteiger charge is -1.97. The fourth-order valence-corrected chi connectivity index (χ4v) is 1.27. The van der Waals surface area contributed by atoms with Crippen LogP contribution in [0.25, 0.3) is 0 Å². The maximum atomic E-state index is 11.7. The Morgan fingerprint density at radius 1 is 1.55 bits per heavy atom. The zero-order valence-corrected chi connectivity index (χ0v) is 8.29. The molecule has 1 heterocycles. The van der Waals surface area contributed by atoms with Gasteiger partial charge in [0.25, 0.3) is 0 Å². The summed E-state index contributed by atoms with van der Waals surface area (Å²) in [5, 5.41) is 4.07. The number of aromatic nitrogens is 2. The van der Waals surface area contributed by atoms with Crippen molar-refractivity contribution in [3.05, 3.63) is 16.0 Å². The van der Waals surface area contributed by atoms with Gasteiger partial charge >= 0.3 is 0 Å². The summed E-state index contributed by atoms with van der Waals surface area (Å²) in [5.74, 6) is 0. The lowest BCUT2D eigenvalue weighted by atomic mass is 10.3. The molecule has 0 radical (unpaired) electrons. The first-order chi connectivity index (χ1) is 5.33. The van der Waals surface area contributed by atoms with Crippen LogP contribution in [0.15, 0.2) is 12.4 Å². The number of unbranched alkanes of at least 4 members (excludes halogenated alkanes) is 1. The minimum absolute atomic E-state index is 0.224. The van der Waals surface area contributed by atoms with Crippen LogP contribution in [-0.4, -0.2) is 16.5 Å². The van der Waals surface area contributed by atoms with E-state index in [1.54, 1.807) is 6.20 Å². The first-order valence-electron chi connectivity index (χ1n) is 3.57. The van der Waals surface area contributed by atoms with Gasteiger partial charge in [-0.2, -0.15) is 5.10 Å². The molecule has 0 aromatic carbocycles. The molecule has 0 unspecified atom stereocenters. The number of rotatable bonds is 4. The van der Waals surface area contributed by atoms with Crippen LogP contribution in [0.5, 0.6) is 0 Å². The van der Waals surface area contributed by atoms with E-state index < -0.39 is 0 Å². The number of hydrogen-bond acceptors (Lipinski definition) is 1. The Bertz CT molecular complexity index is 212. The van der Waals surface area contributed by atoms with Gasteiger partial charge in [-0.15, -0.1) is 0 Å². The van der Waals surface area contributed by atoms with Gasteiger partial charge in [0.15, 0.2) is 0 Å². The van der Waals surface area contributed by atoms with E-state index in [1.807, 2.05) is 10.9 Å². The van der Waals surface area contributed by atoms with Gasteiger partial charge in [0.1, 0.15) is 0 Å². The fourth-order valence-electron chi connectivity index (χ4n) is 0.829. The highest BCUT2D eigenvalue weighted by atomic mass is 127. The van der Waals surface area contributed by atoms with Crippen LogP contribution in [0.4, 0.5) is 4.39 Å². The molecule has 0 aliphatic heterocycles. The zero-order valence-electron chi connectivity index (χ0n) is 6.13. The average Bonchev–Trinajstić information content (AvgIpc) is 2.37. The first kappa shape index (κ1) is 8.96. The molecule has 11 heavy (non-hydrogen) atoms. The van der Waals surface area contributed by atoms with E-state index in [0.29, 0.717) is 6.42 Å². The van der Waals surface area contributed by atoms with Crippen LogP contribution >= 0.6 is 22.6 Å². The largest absolute Gasteiger partial charge is 0.272 e. The molecule has 0 amide bonds. The predicted octanol–water partition coefficient (Wildman–Crippen LogP) is 2.24. The summed E-state index contributed by atoms with van der Waals surface area (Å²) in [5.41, 5.74) is 0. The molecule has 0 atom stereocenters. The third-order valence-electron chi connectivity index (χ3n) is 1.37. The van der Waals surface area contributed by atoms with Crippen LogP contribution in [0.2, 0.25) is 0 Å². The highest BCUT2D eigenvalue weighted by Gasteiger charge is 1.93. The molecule has 4 heteroatoms. The van der Waals surface area contributed by atoms with Crippen molar-refractivity contribution in [2.45, 2.75) is 19.4 Å². The predicted molar refractivity (Wildman–Crippen MR) is 50.2 cm³/mol. The smallest absolute Gasteiger partial charge is 0.0895 e. The van der Waals surface area contributed by atoms with Gasteiger partial charge in [-0.05, 0) is 35.4 Å². The number of aryl methyl sites for hydroxylation is 1. The number of hydrogen-bond donors (Lipinski definition) is 0. The second-order valence-corrected chi connectivity index (χ2v) is 3.56. The molecule has 0 fully saturated rings. The summed E-state index contributed by atoms with van der Waals surface area (Å²) >= 11 is 2.20. The van der Waals surface area contributed by atoms with Crippen LogP contribution in [-0.2, 0) is 6.54 Å². The molecule has 0 saturated heterocycles. The monoisotopic (exact) mass is 268 g/mol. The molecule has 62 valence electrons. The van der Waals surface area contributed by atoms with Crippen molar-refractivity contribution in [2.75, 3.05) is 6.67 Å². The van der Waals surface area contributed by atoms with Crippen LogP contribution in [0, 0.1) is 3.57 Å². The number of nitrogens with zero attached hydrogens (tertiary/aromatic N) is 2. The van der Waals surface area contributed by atoms with Gasteiger partial charge in [-0.1, -0.05) is 0 Å². The molecule has 0 spiro atoms. The molecule has 0 aliphatic rings. The van der Waals surface area contributed by atoms with Crippen LogP contribution < -0.4 is 0 Å². The van der Waals surface area contributed by atoms with Crippen molar-refractivity contribution in [3.8, 4) is 0 Å². The summed E-state index contributed by atoms with van der Waals surface area (Å²) in [7, 11) is 0. The molecular weight excluding hydrogens is 258 g/mol. The quantitative estimate of drug-likeness (QED) is 0.605. The van der Waals surface area contributed by atoms with Crippen molar-refractivity contribution in [2.24, 2.45) is 0 Å². The number of alkyl halides is 1. The normalized spacial score (nSPS) is 10.4. The summed E-state index contributed by atoms with van der Waals surface area (Å²) in [6, 6.07) is 0. The molecule has 0 N–H and O–H groups in total. The van der Waals surface area contributed by atoms with E-state index in [1.165, 1.54) is 0 Å². The van der Waals surface area contributed by atoms with E-state index in [0.717, 1.165) is 16.5 Å². The summed E-state index contributed by atoms with van der Waals surface area (Å²) in [4.78, 5) is 0. The van der Waals surface area contributed by atoms with Gasteiger partial charge in [-0.3, -0.25) is 9.07 Å². The Balaban J connectivity index is 2.27. The van der Waals surface area contributed by atoms with E-state index >= 15 is 0 Å². The van der Waals surface area contributed by atoms with Crippen molar-refractivity contribution in [3.63, 3.8) is 0 Å². The Hall–Kier alpha value is -0.130. The maximum absolute atomic E-state index is 11.7. The Kier molecular flexibility index (Phi) is 3.82. The summed E-state index contributed by atoms with van der Waals surface area (Å²) in [6.45, 7) is 0.602. The Morgan fingerprint density at radius 2 is 2.36 bits per heavy atom. The van der Waals surface area contributed by atoms with Crippen molar-refractivity contribution in [1.82, 2.24) is 9.78 Å². The second kappa shape index (κ2) is 4.69. The highest BCUT2D eigenvalue weighted by Crippen LogP contribution is 2.02. The molecule has 0 bridgehead atoms. The lowest BCUT2D eigenvalue weighted by Crippen LogP contribution is -1.98. The van der Waals surface area contributed by atoms with Gasteiger partial charge in [0, 0.05) is 12.7 Å². The zero-order chi connectivity index (χ0) is 8.10. The van der Waals surface area contributed by atoms with Gasteiger partial charge in [-0.25, -0.2) is 0 Å². The Morgan fingerprint density at radius 3 is 2.91 bits per heavy atom. The summed E-state index contributed by atoms with van der Waals surface area (Å²) < 4.78 is 14.6. The minimum Gasteiger partial charge on any atom is -0.272 e. The molecular formula is C7H10FIN2.